The van der Waals surface area contributed by atoms with Gasteiger partial charge < -0.3 is 10.2 Å². The predicted molar refractivity (Wildman–Crippen MR) is 82.9 cm³/mol. The second-order valence-electron chi connectivity index (χ2n) is 5.69. The summed E-state index contributed by atoms with van der Waals surface area (Å²) in [5.41, 5.74) is 0.578. The fraction of sp³-hybridized carbons (Fsp3) is 0.400. The molecule has 1 aliphatic heterocycles. The Balaban J connectivity index is 1.61. The van der Waals surface area contributed by atoms with Crippen LogP contribution in [0.2, 0.25) is 0 Å². The molecule has 7 nitrogen and oxygen atoms in total. The molecule has 2 aromatic rings. The van der Waals surface area contributed by atoms with Crippen LogP contribution in [0, 0.1) is 12.7 Å². The largest absolute Gasteiger partial charge is 0.340 e. The number of H-pyrrole nitrogens is 2. The number of anilines is 1. The number of aromatic amines is 2. The molecule has 1 aliphatic rings. The van der Waals surface area contributed by atoms with Gasteiger partial charge >= 0.3 is 11.7 Å². The van der Waals surface area contributed by atoms with Gasteiger partial charge in [-0.05, 0) is 31.4 Å². The number of nitrogens with zero attached hydrogens (tertiary/aromatic N) is 2. The molecule has 0 saturated carbocycles. The van der Waals surface area contributed by atoms with Crippen LogP contribution in [0.4, 0.5) is 14.9 Å². The quantitative estimate of drug-likeness (QED) is 0.790. The topological polar surface area (TPSA) is 93.9 Å². The maximum Gasteiger partial charge on any atom is 0.340 e. The van der Waals surface area contributed by atoms with E-state index in [0.717, 1.165) is 0 Å². The van der Waals surface area contributed by atoms with Crippen molar-refractivity contribution in [3.05, 3.63) is 45.9 Å². The number of nitrogens with one attached hydrogen (secondary N) is 3. The van der Waals surface area contributed by atoms with Crippen molar-refractivity contribution in [2.24, 2.45) is 0 Å². The van der Waals surface area contributed by atoms with Gasteiger partial charge in [0, 0.05) is 19.0 Å². The monoisotopic (exact) mass is 319 g/mol. The van der Waals surface area contributed by atoms with Gasteiger partial charge in [0.1, 0.15) is 11.6 Å². The Morgan fingerprint density at radius 3 is 2.74 bits per heavy atom. The first-order chi connectivity index (χ1) is 11.0. The molecule has 2 heterocycles. The second-order valence-corrected chi connectivity index (χ2v) is 5.69. The van der Waals surface area contributed by atoms with E-state index in [1.165, 1.54) is 6.07 Å². The number of carbonyl (C=O) groups excluding carboxylic acids is 1. The van der Waals surface area contributed by atoms with E-state index in [1.807, 2.05) is 0 Å². The smallest absolute Gasteiger partial charge is 0.324 e. The minimum absolute atomic E-state index is 0.119. The van der Waals surface area contributed by atoms with Crippen LogP contribution >= 0.6 is 0 Å². The van der Waals surface area contributed by atoms with Gasteiger partial charge in [0.25, 0.3) is 0 Å². The molecule has 0 bridgehead atoms. The summed E-state index contributed by atoms with van der Waals surface area (Å²) in [6.45, 7) is 2.80. The molecule has 0 aliphatic carbocycles. The number of halogens is 1. The maximum atomic E-state index is 13.8. The number of aryl methyl sites for hydroxylation is 1. The first-order valence-electron chi connectivity index (χ1n) is 7.50. The lowest BCUT2D eigenvalue weighted by molar-refractivity contribution is 0.193. The number of carbonyl (C=O) groups is 1. The zero-order valence-corrected chi connectivity index (χ0v) is 12.7. The molecular formula is C15H18FN5O2. The average Bonchev–Trinajstić information content (AvgIpc) is 2.97. The molecule has 122 valence electrons. The number of rotatable bonds is 2. The number of urea groups is 1. The molecule has 0 atom stereocenters. The third-order valence-corrected chi connectivity index (χ3v) is 4.14. The van der Waals surface area contributed by atoms with Gasteiger partial charge in [-0.3, -0.25) is 4.98 Å². The van der Waals surface area contributed by atoms with Crippen molar-refractivity contribution in [2.45, 2.75) is 25.7 Å². The molecule has 0 unspecified atom stereocenters. The zero-order chi connectivity index (χ0) is 16.4. The fourth-order valence-electron chi connectivity index (χ4n) is 2.81. The number of hydrogen-bond acceptors (Lipinski definition) is 3. The number of piperidine rings is 1. The summed E-state index contributed by atoms with van der Waals surface area (Å²) in [7, 11) is 0. The maximum absolute atomic E-state index is 13.8. The van der Waals surface area contributed by atoms with Crippen LogP contribution in [0.3, 0.4) is 0 Å². The number of likely N-dealkylation sites (tertiary alicyclic amines) is 1. The number of benzene rings is 1. The fourth-order valence-corrected chi connectivity index (χ4v) is 2.81. The van der Waals surface area contributed by atoms with Gasteiger partial charge in [-0.1, -0.05) is 12.1 Å². The summed E-state index contributed by atoms with van der Waals surface area (Å²) < 4.78 is 13.8. The SMILES string of the molecule is Cc1cccc(F)c1NC(=O)N1CCC(c2n[nH]c(=O)[nH]2)CC1. The summed E-state index contributed by atoms with van der Waals surface area (Å²) >= 11 is 0. The Kier molecular flexibility index (Phi) is 4.14. The van der Waals surface area contributed by atoms with Crippen LogP contribution in [-0.4, -0.2) is 39.2 Å². The van der Waals surface area contributed by atoms with E-state index in [1.54, 1.807) is 24.0 Å². The molecule has 0 radical (unpaired) electrons. The summed E-state index contributed by atoms with van der Waals surface area (Å²) in [6, 6.07) is 4.37. The van der Waals surface area contributed by atoms with E-state index < -0.39 is 5.82 Å². The van der Waals surface area contributed by atoms with E-state index in [-0.39, 0.29) is 23.3 Å². The van der Waals surface area contributed by atoms with Crippen LogP contribution in [-0.2, 0) is 0 Å². The molecule has 1 fully saturated rings. The van der Waals surface area contributed by atoms with Gasteiger partial charge in [0.2, 0.25) is 0 Å². The van der Waals surface area contributed by atoms with E-state index in [0.29, 0.717) is 37.3 Å². The molecule has 23 heavy (non-hydrogen) atoms. The van der Waals surface area contributed by atoms with Crippen LogP contribution in [0.5, 0.6) is 0 Å². The molecule has 0 spiro atoms. The first-order valence-corrected chi connectivity index (χ1v) is 7.50. The normalized spacial score (nSPS) is 15.7. The number of para-hydroxylation sites is 1. The van der Waals surface area contributed by atoms with E-state index in [2.05, 4.69) is 20.5 Å². The van der Waals surface area contributed by atoms with Crippen LogP contribution in [0.1, 0.15) is 30.1 Å². The van der Waals surface area contributed by atoms with Crippen molar-refractivity contribution in [1.82, 2.24) is 20.1 Å². The standard InChI is InChI=1S/C15H18FN5O2/c1-9-3-2-4-11(16)12(9)17-15(23)21-7-5-10(6-8-21)13-18-14(22)20-19-13/h2-4,10H,5-8H2,1H3,(H,17,23)(H2,18,19,20,22). The Hall–Kier alpha value is -2.64. The van der Waals surface area contributed by atoms with E-state index in [4.69, 9.17) is 0 Å². The summed E-state index contributed by atoms with van der Waals surface area (Å²) in [5, 5.41) is 8.93. The molecule has 1 saturated heterocycles. The van der Waals surface area contributed by atoms with Crippen LogP contribution in [0.25, 0.3) is 0 Å². The second kappa shape index (κ2) is 6.23. The highest BCUT2D eigenvalue weighted by Crippen LogP contribution is 2.25. The third-order valence-electron chi connectivity index (χ3n) is 4.14. The lowest BCUT2D eigenvalue weighted by Crippen LogP contribution is -2.41. The number of aromatic nitrogens is 3. The molecule has 2 amide bonds. The van der Waals surface area contributed by atoms with Crippen LogP contribution in [0.15, 0.2) is 23.0 Å². The van der Waals surface area contributed by atoms with Gasteiger partial charge in [-0.15, -0.1) is 0 Å². The van der Waals surface area contributed by atoms with Gasteiger partial charge in [-0.2, -0.15) is 5.10 Å². The van der Waals surface area contributed by atoms with Crippen molar-refractivity contribution >= 4 is 11.7 Å². The Morgan fingerprint density at radius 2 is 2.13 bits per heavy atom. The molecule has 3 N–H and O–H groups in total. The highest BCUT2D eigenvalue weighted by atomic mass is 19.1. The van der Waals surface area contributed by atoms with Crippen LogP contribution < -0.4 is 11.0 Å². The van der Waals surface area contributed by atoms with Crippen molar-refractivity contribution in [1.29, 1.82) is 0 Å². The van der Waals surface area contributed by atoms with E-state index in [9.17, 15) is 14.0 Å². The zero-order valence-electron chi connectivity index (χ0n) is 12.7. The van der Waals surface area contributed by atoms with Crippen molar-refractivity contribution in [3.8, 4) is 0 Å². The van der Waals surface area contributed by atoms with Gasteiger partial charge in [0.15, 0.2) is 0 Å². The molecule has 3 rings (SSSR count). The minimum atomic E-state index is -0.442. The summed E-state index contributed by atoms with van der Waals surface area (Å²) in [4.78, 5) is 27.7. The molecule has 1 aromatic heterocycles. The molecule has 8 heteroatoms. The highest BCUT2D eigenvalue weighted by molar-refractivity contribution is 5.90. The van der Waals surface area contributed by atoms with Crippen molar-refractivity contribution in [2.75, 3.05) is 18.4 Å². The Labute approximate surface area is 131 Å². The molecule has 1 aromatic carbocycles. The predicted octanol–water partition coefficient (Wildman–Crippen LogP) is 1.96. The first kappa shape index (κ1) is 15.3. The summed E-state index contributed by atoms with van der Waals surface area (Å²) in [6.07, 6.45) is 1.40. The Bertz CT molecular complexity index is 741. The number of hydrogen-bond donors (Lipinski definition) is 3. The Morgan fingerprint density at radius 1 is 1.39 bits per heavy atom. The third kappa shape index (κ3) is 3.25. The summed E-state index contributed by atoms with van der Waals surface area (Å²) in [5.74, 6) is 0.301. The highest BCUT2D eigenvalue weighted by Gasteiger charge is 2.26. The van der Waals surface area contributed by atoms with Crippen molar-refractivity contribution in [3.63, 3.8) is 0 Å². The van der Waals surface area contributed by atoms with Gasteiger partial charge in [-0.25, -0.2) is 19.1 Å². The lowest BCUT2D eigenvalue weighted by Gasteiger charge is -2.31. The molecular weight excluding hydrogens is 301 g/mol. The minimum Gasteiger partial charge on any atom is -0.324 e. The average molecular weight is 319 g/mol. The van der Waals surface area contributed by atoms with Crippen molar-refractivity contribution < 1.29 is 9.18 Å². The van der Waals surface area contributed by atoms with Gasteiger partial charge in [0.05, 0.1) is 5.69 Å². The lowest BCUT2D eigenvalue weighted by atomic mass is 9.96. The number of amides is 2. The van der Waals surface area contributed by atoms with E-state index >= 15 is 0 Å².